The Labute approximate surface area is 299 Å². The van der Waals surface area contributed by atoms with Gasteiger partial charge in [-0.2, -0.15) is 0 Å². The Bertz CT molecular complexity index is 2010. The molecule has 0 radical (unpaired) electrons. The van der Waals surface area contributed by atoms with Crippen LogP contribution in [-0.4, -0.2) is 113 Å². The van der Waals surface area contributed by atoms with Crippen LogP contribution in [0.2, 0.25) is 0 Å². The standard InChI is InChI=1S/C32H38FN7O13/c1-38(13-17-7-8-19(50-2)11-23(17)51-3)22-12-24(37-27-26(22)35-15-39(27)28(34)41)36-20-9-16(14-52-18-5-4-6-18)10-21(25(20)33)40-29(42,43)31(46,47)53-32(48,49)30(40,44)45/h7-12,15,18,42-49H,4-6,13-14H2,1-3H3,(H2,34,41)(H,36,37). The molecule has 0 spiro atoms. The maximum atomic E-state index is 16.6. The predicted octanol–water partition coefficient (Wildman–Crippen LogP) is -0.646. The summed E-state index contributed by atoms with van der Waals surface area (Å²) in [7, 11) is 4.69. The highest BCUT2D eigenvalue weighted by molar-refractivity contribution is 5.94. The molecule has 2 aromatic carbocycles. The predicted molar refractivity (Wildman–Crippen MR) is 179 cm³/mol. The Morgan fingerprint density at radius 1 is 1.04 bits per heavy atom. The minimum absolute atomic E-state index is 0.0454. The van der Waals surface area contributed by atoms with Crippen molar-refractivity contribution in [3.05, 3.63) is 59.7 Å². The number of halogens is 1. The second-order valence-electron chi connectivity index (χ2n) is 12.6. The third-order valence-electron chi connectivity index (χ3n) is 8.97. The zero-order valence-corrected chi connectivity index (χ0v) is 28.5. The van der Waals surface area contributed by atoms with E-state index in [0.717, 1.165) is 36.2 Å². The number of nitrogens with one attached hydrogen (secondary N) is 1. The third kappa shape index (κ3) is 6.63. The average Bonchev–Trinajstić information content (AvgIpc) is 3.49. The summed E-state index contributed by atoms with van der Waals surface area (Å²) in [6.45, 7) is -0.0486. The Balaban J connectivity index is 1.47. The van der Waals surface area contributed by atoms with Gasteiger partial charge in [0.1, 0.15) is 29.2 Å². The number of imidazole rings is 1. The normalized spacial score (nSPS) is 18.8. The van der Waals surface area contributed by atoms with Crippen LogP contribution in [0.4, 0.5) is 32.1 Å². The summed E-state index contributed by atoms with van der Waals surface area (Å²) in [5.74, 6) is -18.0. The second kappa shape index (κ2) is 13.5. The van der Waals surface area contributed by atoms with Crippen molar-refractivity contribution < 1.29 is 69.0 Å². The third-order valence-corrected chi connectivity index (χ3v) is 8.97. The fourth-order valence-electron chi connectivity index (χ4n) is 5.89. The van der Waals surface area contributed by atoms with E-state index < -0.39 is 51.9 Å². The molecule has 286 valence electrons. The maximum Gasteiger partial charge on any atom is 0.362 e. The maximum absolute atomic E-state index is 16.6. The summed E-state index contributed by atoms with van der Waals surface area (Å²) in [6, 6.07) is 7.70. The van der Waals surface area contributed by atoms with Crippen LogP contribution in [0.1, 0.15) is 30.4 Å². The average molecular weight is 748 g/mol. The fourth-order valence-corrected chi connectivity index (χ4v) is 5.89. The van der Waals surface area contributed by atoms with Crippen LogP contribution in [0.25, 0.3) is 11.2 Å². The molecule has 3 heterocycles. The highest BCUT2D eigenvalue weighted by atomic mass is 19.1. The van der Waals surface area contributed by atoms with Gasteiger partial charge >= 0.3 is 29.8 Å². The molecule has 21 heteroatoms. The number of hydrogen-bond donors (Lipinski definition) is 10. The van der Waals surface area contributed by atoms with Gasteiger partial charge in [0.2, 0.25) is 0 Å². The van der Waals surface area contributed by atoms with Gasteiger partial charge in [0.25, 0.3) is 0 Å². The van der Waals surface area contributed by atoms with E-state index in [9.17, 15) is 45.6 Å². The number of morpholine rings is 1. The van der Waals surface area contributed by atoms with E-state index in [4.69, 9.17) is 19.9 Å². The second-order valence-corrected chi connectivity index (χ2v) is 12.6. The molecule has 11 N–H and O–H groups in total. The molecular formula is C32H38FN7O13. The molecule has 2 fully saturated rings. The highest BCUT2D eigenvalue weighted by Gasteiger charge is 2.75. The molecule has 2 aromatic heterocycles. The Kier molecular flexibility index (Phi) is 9.62. The number of benzene rings is 2. The largest absolute Gasteiger partial charge is 0.497 e. The van der Waals surface area contributed by atoms with Gasteiger partial charge < -0.3 is 71.0 Å². The minimum Gasteiger partial charge on any atom is -0.497 e. The van der Waals surface area contributed by atoms with Gasteiger partial charge in [0.05, 0.1) is 44.0 Å². The SMILES string of the molecule is COc1ccc(CN(C)c2cc(Nc3cc(COC4CCC4)cc(N4C(O)(O)C(O)(O)OC(O)(O)C4(O)O)c3F)nc3c2ncn3C(N)=O)c(OC)c1. The van der Waals surface area contributed by atoms with Gasteiger partial charge in [0.15, 0.2) is 11.5 Å². The number of aliphatic hydroxyl groups is 8. The van der Waals surface area contributed by atoms with Crippen molar-refractivity contribution in [3.63, 3.8) is 0 Å². The number of amides is 1. The van der Waals surface area contributed by atoms with Crippen molar-refractivity contribution in [3.8, 4) is 11.5 Å². The molecule has 1 aliphatic heterocycles. The molecule has 53 heavy (non-hydrogen) atoms. The summed E-state index contributed by atoms with van der Waals surface area (Å²) < 4.78 is 38.2. The zero-order valence-electron chi connectivity index (χ0n) is 28.5. The number of anilines is 4. The number of carbonyl (C=O) groups is 1. The zero-order chi connectivity index (χ0) is 38.7. The van der Waals surface area contributed by atoms with Gasteiger partial charge in [-0.25, -0.2) is 23.7 Å². The number of carbonyl (C=O) groups excluding carboxylic acids is 1. The van der Waals surface area contributed by atoms with E-state index in [1.54, 1.807) is 30.1 Å². The van der Waals surface area contributed by atoms with Gasteiger partial charge in [-0.3, -0.25) is 9.64 Å². The Morgan fingerprint density at radius 3 is 2.30 bits per heavy atom. The number of hydrogen-bond acceptors (Lipinski definition) is 18. The van der Waals surface area contributed by atoms with Crippen molar-refractivity contribution in [1.82, 2.24) is 14.5 Å². The van der Waals surface area contributed by atoms with Crippen molar-refractivity contribution in [2.45, 2.75) is 62.3 Å². The van der Waals surface area contributed by atoms with Gasteiger partial charge in [-0.1, -0.05) is 0 Å². The fraction of sp³-hybridized carbons (Fsp3) is 0.406. The Hall–Kier alpha value is -4.94. The molecule has 0 unspecified atom stereocenters. The number of fused-ring (bicyclic) bond motifs is 1. The molecule has 4 aromatic rings. The molecule has 1 saturated carbocycles. The lowest BCUT2D eigenvalue weighted by atomic mass is 9.96. The van der Waals surface area contributed by atoms with Crippen LogP contribution in [0.3, 0.4) is 0 Å². The van der Waals surface area contributed by atoms with Crippen molar-refractivity contribution >= 4 is 40.1 Å². The first-order chi connectivity index (χ1) is 24.8. The van der Waals surface area contributed by atoms with Crippen LogP contribution in [0.15, 0.2) is 42.7 Å². The summed E-state index contributed by atoms with van der Waals surface area (Å²) in [5.41, 5.74) is 5.05. The monoisotopic (exact) mass is 747 g/mol. The molecule has 6 rings (SSSR count). The Morgan fingerprint density at radius 2 is 1.72 bits per heavy atom. The van der Waals surface area contributed by atoms with E-state index in [0.29, 0.717) is 22.7 Å². The lowest BCUT2D eigenvalue weighted by Gasteiger charge is -2.55. The van der Waals surface area contributed by atoms with Crippen molar-refractivity contribution in [2.75, 3.05) is 36.4 Å². The smallest absolute Gasteiger partial charge is 0.362 e. The van der Waals surface area contributed by atoms with Crippen LogP contribution < -0.4 is 30.3 Å². The number of rotatable bonds is 11. The molecule has 20 nitrogen and oxygen atoms in total. The number of aromatic nitrogens is 3. The summed E-state index contributed by atoms with van der Waals surface area (Å²) in [4.78, 5) is 22.2. The molecular weight excluding hydrogens is 709 g/mol. The molecule has 2 aliphatic rings. The lowest BCUT2D eigenvalue weighted by molar-refractivity contribution is -0.606. The molecule has 1 saturated heterocycles. The van der Waals surface area contributed by atoms with E-state index >= 15 is 4.39 Å². The first kappa shape index (κ1) is 37.8. The van der Waals surface area contributed by atoms with E-state index in [1.165, 1.54) is 26.4 Å². The summed E-state index contributed by atoms with van der Waals surface area (Å²) >= 11 is 0. The minimum atomic E-state index is -4.35. The van der Waals surface area contributed by atoms with E-state index in [-0.39, 0.29) is 41.8 Å². The van der Waals surface area contributed by atoms with Crippen LogP contribution >= 0.6 is 0 Å². The topological polar surface area (TPSA) is 291 Å². The first-order valence-electron chi connectivity index (χ1n) is 15.9. The molecule has 0 atom stereocenters. The number of nitrogens with two attached hydrogens (primary N) is 1. The number of nitrogens with zero attached hydrogens (tertiary/aromatic N) is 5. The van der Waals surface area contributed by atoms with Crippen LogP contribution in [0.5, 0.6) is 11.5 Å². The first-order valence-corrected chi connectivity index (χ1v) is 15.9. The van der Waals surface area contributed by atoms with Crippen LogP contribution in [0, 0.1) is 5.82 Å². The highest BCUT2D eigenvalue weighted by Crippen LogP contribution is 2.46. The van der Waals surface area contributed by atoms with Crippen molar-refractivity contribution in [1.29, 1.82) is 0 Å². The number of methoxy groups -OCH3 is 2. The van der Waals surface area contributed by atoms with Crippen molar-refractivity contribution in [2.24, 2.45) is 5.73 Å². The number of primary amides is 1. The van der Waals surface area contributed by atoms with E-state index in [2.05, 4.69) is 20.0 Å². The number of pyridine rings is 1. The molecule has 0 bridgehead atoms. The van der Waals surface area contributed by atoms with Gasteiger partial charge in [0, 0.05) is 31.3 Å². The van der Waals surface area contributed by atoms with Gasteiger partial charge in [-0.15, -0.1) is 0 Å². The summed E-state index contributed by atoms with van der Waals surface area (Å²) in [6.07, 6.45) is 3.32. The van der Waals surface area contributed by atoms with E-state index in [1.807, 2.05) is 0 Å². The lowest BCUT2D eigenvalue weighted by Crippen LogP contribution is -2.84. The van der Waals surface area contributed by atoms with Gasteiger partial charge in [-0.05, 0) is 49.1 Å². The number of ether oxygens (including phenoxy) is 4. The molecule has 1 aliphatic carbocycles. The quantitative estimate of drug-likeness (QED) is 0.0853. The summed E-state index contributed by atoms with van der Waals surface area (Å²) in [5, 5.41) is 86.3. The van der Waals surface area contributed by atoms with Crippen LogP contribution in [-0.2, 0) is 22.6 Å². The molecule has 1 amide bonds.